The fraction of sp³-hybridized carbons (Fsp3) is 0.533. The first-order valence-electron chi connectivity index (χ1n) is 6.81. The van der Waals surface area contributed by atoms with Crippen molar-refractivity contribution in [3.63, 3.8) is 0 Å². The largest absolute Gasteiger partial charge is 0.382 e. The average Bonchev–Trinajstić information content (AvgIpc) is 2.79. The van der Waals surface area contributed by atoms with E-state index in [1.165, 1.54) is 32.6 Å². The molecule has 0 saturated heterocycles. The normalized spacial score (nSPS) is 22.8. The first-order valence-corrected chi connectivity index (χ1v) is 6.81. The first-order chi connectivity index (χ1) is 8.67. The van der Waals surface area contributed by atoms with Crippen LogP contribution in [0.3, 0.4) is 0 Å². The van der Waals surface area contributed by atoms with Crippen molar-refractivity contribution in [1.82, 2.24) is 0 Å². The van der Waals surface area contributed by atoms with Gasteiger partial charge in [-0.05, 0) is 49.4 Å². The van der Waals surface area contributed by atoms with Gasteiger partial charge in [0, 0.05) is 24.3 Å². The van der Waals surface area contributed by atoms with Gasteiger partial charge in [-0.1, -0.05) is 13.3 Å². The summed E-state index contributed by atoms with van der Waals surface area (Å²) in [6, 6.07) is 8.56. The van der Waals surface area contributed by atoms with Gasteiger partial charge in [-0.25, -0.2) is 0 Å². The van der Waals surface area contributed by atoms with Crippen molar-refractivity contribution in [1.29, 1.82) is 0 Å². The van der Waals surface area contributed by atoms with E-state index in [0.29, 0.717) is 6.04 Å². The lowest BCUT2D eigenvalue weighted by Crippen LogP contribution is -2.15. The molecule has 2 atom stereocenters. The molecule has 98 valence electrons. The second-order valence-electron chi connectivity index (χ2n) is 5.19. The fourth-order valence-electron chi connectivity index (χ4n) is 2.67. The second-order valence-corrected chi connectivity index (χ2v) is 5.19. The molecule has 1 saturated carbocycles. The van der Waals surface area contributed by atoms with E-state index in [1.54, 1.807) is 0 Å². The topological polar surface area (TPSA) is 41.1 Å². The van der Waals surface area contributed by atoms with Crippen LogP contribution in [0.4, 0.5) is 11.4 Å². The SMILES string of the molecule is CCC1CCC(Nc2ccc(NC(C)=O)cc2)C1. The number of rotatable bonds is 4. The van der Waals surface area contributed by atoms with Crippen molar-refractivity contribution in [2.75, 3.05) is 10.6 Å². The summed E-state index contributed by atoms with van der Waals surface area (Å²) in [5.41, 5.74) is 2.00. The summed E-state index contributed by atoms with van der Waals surface area (Å²) in [5.74, 6) is 0.860. The van der Waals surface area contributed by atoms with Crippen LogP contribution in [-0.2, 0) is 4.79 Å². The summed E-state index contributed by atoms with van der Waals surface area (Å²) >= 11 is 0. The summed E-state index contributed by atoms with van der Waals surface area (Å²) in [4.78, 5) is 10.9. The zero-order chi connectivity index (χ0) is 13.0. The van der Waals surface area contributed by atoms with Crippen molar-refractivity contribution >= 4 is 17.3 Å². The number of carbonyl (C=O) groups excluding carboxylic acids is 1. The highest BCUT2D eigenvalue weighted by Gasteiger charge is 2.22. The molecule has 1 amide bonds. The number of anilines is 2. The zero-order valence-electron chi connectivity index (χ0n) is 11.2. The lowest BCUT2D eigenvalue weighted by Gasteiger charge is -2.14. The maximum absolute atomic E-state index is 10.9. The van der Waals surface area contributed by atoms with E-state index in [-0.39, 0.29) is 5.91 Å². The van der Waals surface area contributed by atoms with E-state index >= 15 is 0 Å². The molecule has 1 aromatic carbocycles. The molecule has 1 aliphatic carbocycles. The maximum Gasteiger partial charge on any atom is 0.221 e. The highest BCUT2D eigenvalue weighted by atomic mass is 16.1. The predicted molar refractivity (Wildman–Crippen MR) is 75.8 cm³/mol. The Kier molecular flexibility index (Phi) is 4.24. The van der Waals surface area contributed by atoms with Gasteiger partial charge in [0.15, 0.2) is 0 Å². The average molecular weight is 246 g/mol. The molecule has 2 rings (SSSR count). The van der Waals surface area contributed by atoms with E-state index in [9.17, 15) is 4.79 Å². The van der Waals surface area contributed by atoms with Crippen LogP contribution in [0, 0.1) is 5.92 Å². The van der Waals surface area contributed by atoms with E-state index in [1.807, 2.05) is 24.3 Å². The molecule has 3 nitrogen and oxygen atoms in total. The Hall–Kier alpha value is -1.51. The van der Waals surface area contributed by atoms with Gasteiger partial charge >= 0.3 is 0 Å². The molecule has 0 bridgehead atoms. The highest BCUT2D eigenvalue weighted by molar-refractivity contribution is 5.88. The quantitative estimate of drug-likeness (QED) is 0.851. The van der Waals surface area contributed by atoms with Crippen LogP contribution in [0.2, 0.25) is 0 Å². The number of carbonyl (C=O) groups is 1. The molecular formula is C15H22N2O. The molecule has 1 aromatic rings. The number of hydrogen-bond donors (Lipinski definition) is 2. The highest BCUT2D eigenvalue weighted by Crippen LogP contribution is 2.30. The fourth-order valence-corrected chi connectivity index (χ4v) is 2.67. The molecule has 0 radical (unpaired) electrons. The minimum atomic E-state index is -0.0303. The predicted octanol–water partition coefficient (Wildman–Crippen LogP) is 3.64. The van der Waals surface area contributed by atoms with Crippen molar-refractivity contribution in [2.45, 2.75) is 45.6 Å². The van der Waals surface area contributed by atoms with Gasteiger partial charge in [0.25, 0.3) is 0 Å². The number of hydrogen-bond acceptors (Lipinski definition) is 2. The minimum Gasteiger partial charge on any atom is -0.382 e. The summed E-state index contributed by atoms with van der Waals surface area (Å²) < 4.78 is 0. The Balaban J connectivity index is 1.88. The first kappa shape index (κ1) is 12.9. The molecule has 1 aliphatic rings. The molecule has 0 spiro atoms. The van der Waals surface area contributed by atoms with Crippen molar-refractivity contribution in [3.8, 4) is 0 Å². The van der Waals surface area contributed by atoms with Crippen molar-refractivity contribution in [2.24, 2.45) is 5.92 Å². The molecule has 3 heteroatoms. The second kappa shape index (κ2) is 5.89. The van der Waals surface area contributed by atoms with Gasteiger partial charge in [-0.15, -0.1) is 0 Å². The summed E-state index contributed by atoms with van der Waals surface area (Å²) in [5, 5.41) is 6.35. The Morgan fingerprint density at radius 1 is 1.22 bits per heavy atom. The summed E-state index contributed by atoms with van der Waals surface area (Å²) in [7, 11) is 0. The number of nitrogens with one attached hydrogen (secondary N) is 2. The lowest BCUT2D eigenvalue weighted by molar-refractivity contribution is -0.114. The number of amides is 1. The van der Waals surface area contributed by atoms with E-state index in [0.717, 1.165) is 17.3 Å². The van der Waals surface area contributed by atoms with Gasteiger partial charge in [0.1, 0.15) is 0 Å². The van der Waals surface area contributed by atoms with Gasteiger partial charge in [0.2, 0.25) is 5.91 Å². The third-order valence-electron chi connectivity index (χ3n) is 3.69. The Morgan fingerprint density at radius 3 is 2.44 bits per heavy atom. The molecule has 0 aliphatic heterocycles. The molecule has 1 fully saturated rings. The third-order valence-corrected chi connectivity index (χ3v) is 3.69. The lowest BCUT2D eigenvalue weighted by atomic mass is 10.1. The van der Waals surface area contributed by atoms with Gasteiger partial charge in [0.05, 0.1) is 0 Å². The van der Waals surface area contributed by atoms with Crippen LogP contribution < -0.4 is 10.6 Å². The third kappa shape index (κ3) is 3.49. The zero-order valence-corrected chi connectivity index (χ0v) is 11.2. The molecular weight excluding hydrogens is 224 g/mol. The maximum atomic E-state index is 10.9. The molecule has 0 heterocycles. The monoisotopic (exact) mass is 246 g/mol. The van der Waals surface area contributed by atoms with Crippen LogP contribution in [0.25, 0.3) is 0 Å². The van der Waals surface area contributed by atoms with Crippen LogP contribution in [-0.4, -0.2) is 11.9 Å². The Bertz CT molecular complexity index is 399. The van der Waals surface area contributed by atoms with E-state index < -0.39 is 0 Å². The van der Waals surface area contributed by atoms with Crippen LogP contribution in [0.5, 0.6) is 0 Å². The van der Waals surface area contributed by atoms with Crippen LogP contribution in [0.1, 0.15) is 39.5 Å². The standard InChI is InChI=1S/C15H22N2O/c1-3-12-4-5-15(10-12)17-14-8-6-13(7-9-14)16-11(2)18/h6-9,12,15,17H,3-5,10H2,1-2H3,(H,16,18). The molecule has 0 aromatic heterocycles. The smallest absolute Gasteiger partial charge is 0.221 e. The van der Waals surface area contributed by atoms with E-state index in [4.69, 9.17) is 0 Å². The summed E-state index contributed by atoms with van der Waals surface area (Å²) in [6.07, 6.45) is 5.19. The van der Waals surface area contributed by atoms with Crippen molar-refractivity contribution in [3.05, 3.63) is 24.3 Å². The molecule has 2 unspecified atom stereocenters. The van der Waals surface area contributed by atoms with Gasteiger partial charge in [-0.3, -0.25) is 4.79 Å². The minimum absolute atomic E-state index is 0.0303. The molecule has 2 N–H and O–H groups in total. The van der Waals surface area contributed by atoms with Crippen molar-refractivity contribution < 1.29 is 4.79 Å². The van der Waals surface area contributed by atoms with Gasteiger partial charge < -0.3 is 10.6 Å². The van der Waals surface area contributed by atoms with Gasteiger partial charge in [-0.2, -0.15) is 0 Å². The number of benzene rings is 1. The van der Waals surface area contributed by atoms with Crippen LogP contribution in [0.15, 0.2) is 24.3 Å². The Labute approximate surface area is 109 Å². The molecule has 18 heavy (non-hydrogen) atoms. The summed E-state index contributed by atoms with van der Waals surface area (Å²) in [6.45, 7) is 3.80. The van der Waals surface area contributed by atoms with E-state index in [2.05, 4.69) is 17.6 Å². The Morgan fingerprint density at radius 2 is 1.89 bits per heavy atom. The van der Waals surface area contributed by atoms with Crippen LogP contribution >= 0.6 is 0 Å².